The van der Waals surface area contributed by atoms with Crippen LogP contribution in [0.25, 0.3) is 0 Å². The van der Waals surface area contributed by atoms with Crippen LogP contribution in [0.2, 0.25) is 0 Å². The van der Waals surface area contributed by atoms with Gasteiger partial charge in [-0.15, -0.1) is 0 Å². The number of rotatable bonds is 4. The summed E-state index contributed by atoms with van der Waals surface area (Å²) >= 11 is 0. The highest BCUT2D eigenvalue weighted by Crippen LogP contribution is 2.47. The lowest BCUT2D eigenvalue weighted by Gasteiger charge is -2.44. The van der Waals surface area contributed by atoms with Gasteiger partial charge >= 0.3 is 0 Å². The Morgan fingerprint density at radius 3 is 2.09 bits per heavy atom. The van der Waals surface area contributed by atoms with Gasteiger partial charge in [-0.2, -0.15) is 0 Å². The molecule has 6 fully saturated rings. The molecule has 3 atom stereocenters. The standard InChI is InChI=1S/C27H44N4O2/c1-27(11-12-27)26(33)30-15-13-29(14-16-30)25(32)20-7-5-19(6-8-20)21-9-10-24-22(17-21)18-28-31(24)23-3-2-4-23/h19-24,28H,2-18H2,1H3. The lowest BCUT2D eigenvalue weighted by atomic mass is 9.67. The summed E-state index contributed by atoms with van der Waals surface area (Å²) in [5, 5.41) is 2.65. The molecule has 6 aliphatic rings. The van der Waals surface area contributed by atoms with Gasteiger partial charge in [-0.25, -0.2) is 5.01 Å². The number of carbonyl (C=O) groups is 2. The number of hydrogen-bond acceptors (Lipinski definition) is 4. The number of nitrogens with one attached hydrogen (secondary N) is 1. The molecular weight excluding hydrogens is 412 g/mol. The van der Waals surface area contributed by atoms with Crippen LogP contribution in [-0.4, -0.2) is 71.4 Å². The van der Waals surface area contributed by atoms with Crippen LogP contribution in [0.4, 0.5) is 0 Å². The van der Waals surface area contributed by atoms with Crippen molar-refractivity contribution in [1.82, 2.24) is 20.2 Å². The highest BCUT2D eigenvalue weighted by Gasteiger charge is 2.48. The number of fused-ring (bicyclic) bond motifs is 1. The van der Waals surface area contributed by atoms with Gasteiger partial charge < -0.3 is 9.80 Å². The Balaban J connectivity index is 0.951. The average molecular weight is 457 g/mol. The first-order chi connectivity index (χ1) is 16.0. The highest BCUT2D eigenvalue weighted by molar-refractivity contribution is 5.85. The van der Waals surface area contributed by atoms with Crippen LogP contribution in [0, 0.1) is 29.1 Å². The summed E-state index contributed by atoms with van der Waals surface area (Å²) in [5.41, 5.74) is 3.67. The first-order valence-corrected chi connectivity index (χ1v) is 14.1. The van der Waals surface area contributed by atoms with E-state index in [1.807, 2.05) is 4.90 Å². The van der Waals surface area contributed by atoms with Gasteiger partial charge in [0.05, 0.1) is 0 Å². The van der Waals surface area contributed by atoms with E-state index in [1.54, 1.807) is 0 Å². The topological polar surface area (TPSA) is 55.9 Å². The second-order valence-electron chi connectivity index (χ2n) is 12.5. The Labute approximate surface area is 199 Å². The van der Waals surface area contributed by atoms with E-state index in [2.05, 4.69) is 22.3 Å². The van der Waals surface area contributed by atoms with Crippen LogP contribution in [0.5, 0.6) is 0 Å². The molecule has 0 spiro atoms. The van der Waals surface area contributed by atoms with Crippen molar-refractivity contribution in [2.24, 2.45) is 29.1 Å². The summed E-state index contributed by atoms with van der Waals surface area (Å²) in [6.07, 6.45) is 15.1. The lowest BCUT2D eigenvalue weighted by molar-refractivity contribution is -0.145. The van der Waals surface area contributed by atoms with Crippen LogP contribution in [-0.2, 0) is 9.59 Å². The molecular formula is C27H44N4O2. The van der Waals surface area contributed by atoms with E-state index < -0.39 is 0 Å². The zero-order valence-corrected chi connectivity index (χ0v) is 20.6. The first-order valence-electron chi connectivity index (χ1n) is 14.1. The average Bonchev–Trinajstić information content (AvgIpc) is 3.45. The van der Waals surface area contributed by atoms with Crippen LogP contribution >= 0.6 is 0 Å². The molecule has 4 saturated carbocycles. The summed E-state index contributed by atoms with van der Waals surface area (Å²) in [4.78, 5) is 29.9. The number of nitrogens with zero attached hydrogens (tertiary/aromatic N) is 3. The molecule has 3 unspecified atom stereocenters. The van der Waals surface area contributed by atoms with Crippen molar-refractivity contribution in [2.45, 2.75) is 96.1 Å². The van der Waals surface area contributed by atoms with Crippen molar-refractivity contribution in [3.63, 3.8) is 0 Å². The fourth-order valence-electron chi connectivity index (χ4n) is 7.71. The van der Waals surface area contributed by atoms with Crippen LogP contribution in [0.15, 0.2) is 0 Å². The van der Waals surface area contributed by atoms with Gasteiger partial charge in [-0.05, 0) is 88.4 Å². The van der Waals surface area contributed by atoms with Crippen LogP contribution < -0.4 is 5.43 Å². The molecule has 6 rings (SSSR count). The Bertz CT molecular complexity index is 747. The molecule has 0 aromatic rings. The van der Waals surface area contributed by atoms with E-state index in [4.69, 9.17) is 0 Å². The maximum atomic E-state index is 13.2. The Morgan fingerprint density at radius 2 is 1.45 bits per heavy atom. The smallest absolute Gasteiger partial charge is 0.228 e. The van der Waals surface area contributed by atoms with Crippen molar-refractivity contribution in [1.29, 1.82) is 0 Å². The van der Waals surface area contributed by atoms with E-state index in [1.165, 1.54) is 57.9 Å². The Morgan fingerprint density at radius 1 is 0.788 bits per heavy atom. The van der Waals surface area contributed by atoms with Gasteiger partial charge in [0, 0.05) is 56.1 Å². The normalized spacial score (nSPS) is 39.1. The fourth-order valence-corrected chi connectivity index (χ4v) is 7.71. The van der Waals surface area contributed by atoms with Crippen molar-refractivity contribution < 1.29 is 9.59 Å². The zero-order valence-electron chi connectivity index (χ0n) is 20.6. The highest BCUT2D eigenvalue weighted by atomic mass is 16.2. The molecule has 1 N–H and O–H groups in total. The maximum Gasteiger partial charge on any atom is 0.228 e. The maximum absolute atomic E-state index is 13.2. The van der Waals surface area contributed by atoms with E-state index in [0.717, 1.165) is 81.7 Å². The molecule has 0 radical (unpaired) electrons. The number of amides is 2. The molecule has 0 bridgehead atoms. The molecule has 6 heteroatoms. The van der Waals surface area contributed by atoms with E-state index in [9.17, 15) is 9.59 Å². The van der Waals surface area contributed by atoms with Crippen molar-refractivity contribution in [3.8, 4) is 0 Å². The predicted molar refractivity (Wildman–Crippen MR) is 128 cm³/mol. The second kappa shape index (κ2) is 8.82. The monoisotopic (exact) mass is 456 g/mol. The third kappa shape index (κ3) is 4.24. The molecule has 2 heterocycles. The third-order valence-electron chi connectivity index (χ3n) is 10.5. The summed E-state index contributed by atoms with van der Waals surface area (Å²) < 4.78 is 0. The van der Waals surface area contributed by atoms with Crippen molar-refractivity contribution in [3.05, 3.63) is 0 Å². The van der Waals surface area contributed by atoms with E-state index in [-0.39, 0.29) is 11.3 Å². The summed E-state index contributed by atoms with van der Waals surface area (Å²) in [7, 11) is 0. The summed E-state index contributed by atoms with van der Waals surface area (Å²) in [6.45, 7) is 6.20. The number of carbonyl (C=O) groups excluding carboxylic acids is 2. The van der Waals surface area contributed by atoms with Gasteiger partial charge in [0.2, 0.25) is 11.8 Å². The summed E-state index contributed by atoms with van der Waals surface area (Å²) in [5.74, 6) is 3.48. The molecule has 33 heavy (non-hydrogen) atoms. The molecule has 4 aliphatic carbocycles. The van der Waals surface area contributed by atoms with Crippen molar-refractivity contribution >= 4 is 11.8 Å². The third-order valence-corrected chi connectivity index (χ3v) is 10.5. The van der Waals surface area contributed by atoms with Gasteiger partial charge in [0.1, 0.15) is 0 Å². The van der Waals surface area contributed by atoms with Gasteiger partial charge in [0.15, 0.2) is 0 Å². The van der Waals surface area contributed by atoms with E-state index in [0.29, 0.717) is 11.8 Å². The Hall–Kier alpha value is -1.14. The molecule has 2 aliphatic heterocycles. The molecule has 184 valence electrons. The predicted octanol–water partition coefficient (Wildman–Crippen LogP) is 3.42. The summed E-state index contributed by atoms with van der Waals surface area (Å²) in [6, 6.07) is 1.60. The minimum Gasteiger partial charge on any atom is -0.339 e. The number of hydrogen-bond donors (Lipinski definition) is 1. The van der Waals surface area contributed by atoms with Gasteiger partial charge in [-0.3, -0.25) is 15.0 Å². The van der Waals surface area contributed by atoms with Gasteiger partial charge in [0.25, 0.3) is 0 Å². The lowest BCUT2D eigenvalue weighted by Crippen LogP contribution is -2.53. The molecule has 0 aromatic heterocycles. The largest absolute Gasteiger partial charge is 0.339 e. The molecule has 2 amide bonds. The van der Waals surface area contributed by atoms with Crippen LogP contribution in [0.1, 0.15) is 84.0 Å². The molecule has 0 aromatic carbocycles. The molecule has 6 nitrogen and oxygen atoms in total. The number of hydrazine groups is 1. The fraction of sp³-hybridized carbons (Fsp3) is 0.926. The second-order valence-corrected chi connectivity index (χ2v) is 12.5. The van der Waals surface area contributed by atoms with Crippen LogP contribution in [0.3, 0.4) is 0 Å². The quantitative estimate of drug-likeness (QED) is 0.704. The Kier molecular flexibility index (Phi) is 5.97. The van der Waals surface area contributed by atoms with Crippen molar-refractivity contribution in [2.75, 3.05) is 32.7 Å². The van der Waals surface area contributed by atoms with E-state index >= 15 is 0 Å². The first kappa shape index (κ1) is 22.3. The zero-order chi connectivity index (χ0) is 22.6. The van der Waals surface area contributed by atoms with Gasteiger partial charge in [-0.1, -0.05) is 13.3 Å². The minimum atomic E-state index is -0.0895. The number of piperazine rings is 1. The molecule has 2 saturated heterocycles. The minimum absolute atomic E-state index is 0.0895. The SMILES string of the molecule is CC1(C(=O)N2CCN(C(=O)C3CCC(C4CCC5C(CNN5C5CCC5)C4)CC3)CC2)CC1.